The van der Waals surface area contributed by atoms with Crippen LogP contribution >= 0.6 is 11.3 Å². The molecule has 0 saturated heterocycles. The number of rotatable bonds is 4. The van der Waals surface area contributed by atoms with Crippen LogP contribution in [0.5, 0.6) is 0 Å². The van der Waals surface area contributed by atoms with Crippen molar-refractivity contribution in [1.29, 1.82) is 0 Å². The standard InChI is InChI=1S/C19H22N4OS/c1-12-17-14(19(24)20-11-13-6-3-4-7-13)10-15(16-8-5-9-25-16)21-18(17)23(2)22-12/h5,8-10,13H,3-4,6-7,11H2,1-2H3,(H,20,24). The molecule has 0 spiro atoms. The van der Waals surface area contributed by atoms with Gasteiger partial charge in [-0.15, -0.1) is 11.3 Å². The highest BCUT2D eigenvalue weighted by molar-refractivity contribution is 7.13. The molecule has 1 amide bonds. The highest BCUT2D eigenvalue weighted by Crippen LogP contribution is 2.29. The lowest BCUT2D eigenvalue weighted by Crippen LogP contribution is -2.28. The van der Waals surface area contributed by atoms with E-state index < -0.39 is 0 Å². The number of pyridine rings is 1. The third-order valence-corrected chi connectivity index (χ3v) is 5.91. The van der Waals surface area contributed by atoms with Gasteiger partial charge in [0.05, 0.1) is 27.2 Å². The first-order chi connectivity index (χ1) is 12.1. The van der Waals surface area contributed by atoms with E-state index in [0.717, 1.165) is 33.8 Å². The van der Waals surface area contributed by atoms with Gasteiger partial charge >= 0.3 is 0 Å². The zero-order valence-corrected chi connectivity index (χ0v) is 15.4. The molecule has 1 fully saturated rings. The number of aryl methyl sites for hydroxylation is 2. The summed E-state index contributed by atoms with van der Waals surface area (Å²) in [6, 6.07) is 5.94. The van der Waals surface area contributed by atoms with Crippen LogP contribution in [0.3, 0.4) is 0 Å². The maximum atomic E-state index is 12.9. The van der Waals surface area contributed by atoms with Gasteiger partial charge in [0, 0.05) is 13.6 Å². The van der Waals surface area contributed by atoms with Crippen LogP contribution < -0.4 is 5.32 Å². The maximum Gasteiger partial charge on any atom is 0.252 e. The van der Waals surface area contributed by atoms with Crippen molar-refractivity contribution in [2.75, 3.05) is 6.54 Å². The normalized spacial score (nSPS) is 15.1. The number of hydrogen-bond donors (Lipinski definition) is 1. The summed E-state index contributed by atoms with van der Waals surface area (Å²) in [5.41, 5.74) is 3.11. The van der Waals surface area contributed by atoms with Crippen molar-refractivity contribution in [3.05, 3.63) is 34.8 Å². The van der Waals surface area contributed by atoms with Crippen molar-refractivity contribution >= 4 is 28.3 Å². The number of nitrogens with one attached hydrogen (secondary N) is 1. The van der Waals surface area contributed by atoms with Crippen molar-refractivity contribution in [2.45, 2.75) is 32.6 Å². The summed E-state index contributed by atoms with van der Waals surface area (Å²) in [5.74, 6) is 0.598. The van der Waals surface area contributed by atoms with E-state index in [1.807, 2.05) is 37.6 Å². The first kappa shape index (κ1) is 16.3. The second-order valence-electron chi connectivity index (χ2n) is 6.80. The molecule has 3 heterocycles. The zero-order valence-electron chi connectivity index (χ0n) is 14.6. The van der Waals surface area contributed by atoms with Gasteiger partial charge in [-0.1, -0.05) is 18.9 Å². The largest absolute Gasteiger partial charge is 0.352 e. The first-order valence-electron chi connectivity index (χ1n) is 8.80. The Kier molecular flexibility index (Phi) is 4.29. The molecule has 0 aliphatic heterocycles. The lowest BCUT2D eigenvalue weighted by Gasteiger charge is -2.12. The Bertz CT molecular complexity index is 907. The quantitative estimate of drug-likeness (QED) is 0.772. The molecule has 0 bridgehead atoms. The van der Waals surface area contributed by atoms with Crippen LogP contribution in [0, 0.1) is 12.8 Å². The minimum atomic E-state index is -0.0202. The lowest BCUT2D eigenvalue weighted by molar-refractivity contribution is 0.0949. The predicted molar refractivity (Wildman–Crippen MR) is 101 cm³/mol. The van der Waals surface area contributed by atoms with E-state index >= 15 is 0 Å². The summed E-state index contributed by atoms with van der Waals surface area (Å²) in [7, 11) is 1.88. The van der Waals surface area contributed by atoms with Crippen LogP contribution in [0.4, 0.5) is 0 Å². The molecular formula is C19H22N4OS. The number of hydrogen-bond acceptors (Lipinski definition) is 4. The Morgan fingerprint density at radius 1 is 1.40 bits per heavy atom. The van der Waals surface area contributed by atoms with E-state index in [-0.39, 0.29) is 5.91 Å². The van der Waals surface area contributed by atoms with E-state index in [9.17, 15) is 4.79 Å². The van der Waals surface area contributed by atoms with Gasteiger partial charge < -0.3 is 5.32 Å². The fourth-order valence-corrected chi connectivity index (χ4v) is 4.41. The van der Waals surface area contributed by atoms with Crippen molar-refractivity contribution in [1.82, 2.24) is 20.1 Å². The van der Waals surface area contributed by atoms with Gasteiger partial charge in [0.15, 0.2) is 5.65 Å². The van der Waals surface area contributed by atoms with E-state index in [2.05, 4.69) is 10.4 Å². The number of fused-ring (bicyclic) bond motifs is 1. The molecule has 3 aromatic rings. The van der Waals surface area contributed by atoms with Crippen molar-refractivity contribution < 1.29 is 4.79 Å². The SMILES string of the molecule is Cc1nn(C)c2nc(-c3cccs3)cc(C(=O)NCC3CCCC3)c12. The van der Waals surface area contributed by atoms with Crippen LogP contribution in [-0.4, -0.2) is 27.2 Å². The summed E-state index contributed by atoms with van der Waals surface area (Å²) in [6.07, 6.45) is 5.01. The highest BCUT2D eigenvalue weighted by atomic mass is 32.1. The Balaban J connectivity index is 1.73. The predicted octanol–water partition coefficient (Wildman–Crippen LogP) is 3.93. The second kappa shape index (κ2) is 6.59. The van der Waals surface area contributed by atoms with E-state index in [1.54, 1.807) is 16.0 Å². The number of nitrogens with zero attached hydrogens (tertiary/aromatic N) is 3. The Hall–Kier alpha value is -2.21. The first-order valence-corrected chi connectivity index (χ1v) is 9.68. The van der Waals surface area contributed by atoms with Crippen molar-refractivity contribution in [3.8, 4) is 10.6 Å². The van der Waals surface area contributed by atoms with Crippen molar-refractivity contribution in [2.24, 2.45) is 13.0 Å². The number of aromatic nitrogens is 3. The summed E-state index contributed by atoms with van der Waals surface area (Å²) in [4.78, 5) is 18.7. The fraction of sp³-hybridized carbons (Fsp3) is 0.421. The average molecular weight is 354 g/mol. The molecule has 0 aromatic carbocycles. The van der Waals surface area contributed by atoms with E-state index in [0.29, 0.717) is 11.5 Å². The molecular weight excluding hydrogens is 332 g/mol. The number of thiophene rings is 1. The number of carbonyl (C=O) groups is 1. The molecule has 5 nitrogen and oxygen atoms in total. The van der Waals surface area contributed by atoms with Crippen LogP contribution in [0.1, 0.15) is 41.7 Å². The average Bonchev–Trinajstić information content (AvgIpc) is 3.35. The van der Waals surface area contributed by atoms with Crippen LogP contribution in [0.2, 0.25) is 0 Å². The lowest BCUT2D eigenvalue weighted by atomic mass is 10.1. The van der Waals surface area contributed by atoms with Gasteiger partial charge in [0.1, 0.15) is 0 Å². The molecule has 1 N–H and O–H groups in total. The molecule has 25 heavy (non-hydrogen) atoms. The van der Waals surface area contributed by atoms with Crippen LogP contribution in [0.25, 0.3) is 21.6 Å². The monoisotopic (exact) mass is 354 g/mol. The summed E-state index contributed by atoms with van der Waals surface area (Å²) >= 11 is 1.63. The molecule has 6 heteroatoms. The van der Waals surface area contributed by atoms with Gasteiger partial charge in [0.25, 0.3) is 5.91 Å². The molecule has 1 aliphatic rings. The number of amides is 1. The third-order valence-electron chi connectivity index (χ3n) is 5.01. The van der Waals surface area contributed by atoms with Gasteiger partial charge in [-0.25, -0.2) is 4.98 Å². The van der Waals surface area contributed by atoms with Gasteiger partial charge in [0.2, 0.25) is 0 Å². The molecule has 3 aromatic heterocycles. The molecule has 1 aliphatic carbocycles. The molecule has 1 saturated carbocycles. The molecule has 4 rings (SSSR count). The summed E-state index contributed by atoms with van der Waals surface area (Å²) in [5, 5.41) is 10.5. The Labute approximate surface area is 151 Å². The fourth-order valence-electron chi connectivity index (χ4n) is 3.72. The molecule has 0 unspecified atom stereocenters. The maximum absolute atomic E-state index is 12.9. The van der Waals surface area contributed by atoms with Crippen LogP contribution in [-0.2, 0) is 7.05 Å². The minimum absolute atomic E-state index is 0.0202. The minimum Gasteiger partial charge on any atom is -0.352 e. The van der Waals surface area contributed by atoms with E-state index in [4.69, 9.17) is 4.98 Å². The molecule has 130 valence electrons. The number of carbonyl (C=O) groups excluding carboxylic acids is 1. The van der Waals surface area contributed by atoms with Gasteiger partial charge in [-0.05, 0) is 43.2 Å². The van der Waals surface area contributed by atoms with Crippen molar-refractivity contribution in [3.63, 3.8) is 0 Å². The van der Waals surface area contributed by atoms with E-state index in [1.165, 1.54) is 25.7 Å². The zero-order chi connectivity index (χ0) is 17.4. The van der Waals surface area contributed by atoms with Gasteiger partial charge in [-0.2, -0.15) is 5.10 Å². The summed E-state index contributed by atoms with van der Waals surface area (Å²) < 4.78 is 1.76. The summed E-state index contributed by atoms with van der Waals surface area (Å²) in [6.45, 7) is 2.69. The topological polar surface area (TPSA) is 59.8 Å². The van der Waals surface area contributed by atoms with Crippen LogP contribution in [0.15, 0.2) is 23.6 Å². The highest BCUT2D eigenvalue weighted by Gasteiger charge is 2.21. The Morgan fingerprint density at radius 3 is 2.92 bits per heavy atom. The molecule has 0 radical (unpaired) electrons. The van der Waals surface area contributed by atoms with Gasteiger partial charge in [-0.3, -0.25) is 9.48 Å². The molecule has 0 atom stereocenters. The third kappa shape index (κ3) is 3.06. The second-order valence-corrected chi connectivity index (χ2v) is 7.75. The Morgan fingerprint density at radius 2 is 2.20 bits per heavy atom. The smallest absolute Gasteiger partial charge is 0.252 e.